The molecule has 0 atom stereocenters. The van der Waals surface area contributed by atoms with E-state index in [4.69, 9.17) is 5.11 Å². The molecule has 0 bridgehead atoms. The molecule has 3 nitrogen and oxygen atoms in total. The van der Waals surface area contributed by atoms with Crippen molar-refractivity contribution in [3.63, 3.8) is 0 Å². The molecule has 0 spiro atoms. The second-order valence-corrected chi connectivity index (χ2v) is 3.81. The van der Waals surface area contributed by atoms with E-state index in [1.54, 1.807) is 0 Å². The summed E-state index contributed by atoms with van der Waals surface area (Å²) in [6.07, 6.45) is -4.91. The molecule has 94 valence electrons. The number of carbonyl (C=O) groups is 1. The van der Waals surface area contributed by atoms with E-state index in [1.807, 2.05) is 0 Å². The normalized spacial score (nSPS) is 11.4. The first-order chi connectivity index (χ1) is 7.71. The Balaban J connectivity index is 3.24. The maximum Gasteiger partial charge on any atom is 0.418 e. The number of halogens is 3. The molecule has 1 N–H and O–H groups in total. The number of alkyl halides is 3. The van der Waals surface area contributed by atoms with Crippen LogP contribution in [0.5, 0.6) is 0 Å². The Hall–Kier alpha value is -1.72. The fourth-order valence-electron chi connectivity index (χ4n) is 1.48. The summed E-state index contributed by atoms with van der Waals surface area (Å²) in [5.41, 5.74) is -0.664. The molecule has 1 rings (SSSR count). The molecular formula is C11H12F3NO2. The maximum atomic E-state index is 12.8. The van der Waals surface area contributed by atoms with Gasteiger partial charge in [0.05, 0.1) is 12.0 Å². The second-order valence-electron chi connectivity index (χ2n) is 3.81. The molecule has 0 radical (unpaired) electrons. The monoisotopic (exact) mass is 247 g/mol. The van der Waals surface area contributed by atoms with Crippen LogP contribution >= 0.6 is 0 Å². The van der Waals surface area contributed by atoms with Crippen molar-refractivity contribution in [1.82, 2.24) is 0 Å². The van der Waals surface area contributed by atoms with Gasteiger partial charge in [0.15, 0.2) is 0 Å². The van der Waals surface area contributed by atoms with Crippen LogP contribution in [-0.2, 0) is 17.4 Å². The van der Waals surface area contributed by atoms with Crippen LogP contribution in [0.1, 0.15) is 11.1 Å². The molecule has 0 aliphatic heterocycles. The van der Waals surface area contributed by atoms with Crippen molar-refractivity contribution in [3.05, 3.63) is 29.3 Å². The zero-order valence-electron chi connectivity index (χ0n) is 9.38. The van der Waals surface area contributed by atoms with E-state index in [0.717, 1.165) is 6.07 Å². The lowest BCUT2D eigenvalue weighted by molar-refractivity contribution is -0.138. The molecule has 0 fully saturated rings. The van der Waals surface area contributed by atoms with Crippen molar-refractivity contribution in [2.45, 2.75) is 12.6 Å². The highest BCUT2D eigenvalue weighted by molar-refractivity contribution is 5.71. The molecule has 0 aromatic heterocycles. The van der Waals surface area contributed by atoms with Gasteiger partial charge in [-0.3, -0.25) is 4.79 Å². The van der Waals surface area contributed by atoms with Gasteiger partial charge in [0, 0.05) is 19.8 Å². The molecule has 0 heterocycles. The summed E-state index contributed by atoms with van der Waals surface area (Å²) in [5, 5.41) is 8.55. The summed E-state index contributed by atoms with van der Waals surface area (Å²) in [4.78, 5) is 11.8. The highest BCUT2D eigenvalue weighted by Crippen LogP contribution is 2.36. The number of carboxylic acid groups (broad SMARTS) is 1. The van der Waals surface area contributed by atoms with Crippen LogP contribution in [0.25, 0.3) is 0 Å². The fourth-order valence-corrected chi connectivity index (χ4v) is 1.48. The first-order valence-corrected chi connectivity index (χ1v) is 4.81. The van der Waals surface area contributed by atoms with Crippen LogP contribution < -0.4 is 4.90 Å². The number of rotatable bonds is 3. The number of hydrogen-bond acceptors (Lipinski definition) is 2. The van der Waals surface area contributed by atoms with Gasteiger partial charge in [-0.25, -0.2) is 0 Å². The van der Waals surface area contributed by atoms with E-state index >= 15 is 0 Å². The lowest BCUT2D eigenvalue weighted by Crippen LogP contribution is -2.17. The largest absolute Gasteiger partial charge is 0.481 e. The minimum atomic E-state index is -4.49. The van der Waals surface area contributed by atoms with Crippen LogP contribution in [0.3, 0.4) is 0 Å². The van der Waals surface area contributed by atoms with Gasteiger partial charge in [0.1, 0.15) is 0 Å². The summed E-state index contributed by atoms with van der Waals surface area (Å²) >= 11 is 0. The first-order valence-electron chi connectivity index (χ1n) is 4.81. The summed E-state index contributed by atoms with van der Waals surface area (Å²) in [5.74, 6) is -1.16. The predicted octanol–water partition coefficient (Wildman–Crippen LogP) is 2.40. The molecule has 0 saturated carbocycles. The highest BCUT2D eigenvalue weighted by atomic mass is 19.4. The quantitative estimate of drug-likeness (QED) is 0.891. The van der Waals surface area contributed by atoms with E-state index in [1.165, 1.54) is 31.1 Å². The number of aliphatic carboxylic acids is 1. The van der Waals surface area contributed by atoms with Gasteiger partial charge in [-0.15, -0.1) is 0 Å². The smallest absolute Gasteiger partial charge is 0.418 e. The average molecular weight is 247 g/mol. The first kappa shape index (κ1) is 13.3. The summed E-state index contributed by atoms with van der Waals surface area (Å²) in [6.45, 7) is 0. The minimum Gasteiger partial charge on any atom is -0.481 e. The second kappa shape index (κ2) is 4.65. The van der Waals surface area contributed by atoms with Gasteiger partial charge in [-0.05, 0) is 17.7 Å². The van der Waals surface area contributed by atoms with Gasteiger partial charge in [-0.2, -0.15) is 13.2 Å². The predicted molar refractivity (Wildman–Crippen MR) is 57.1 cm³/mol. The lowest BCUT2D eigenvalue weighted by Gasteiger charge is -2.19. The number of benzene rings is 1. The van der Waals surface area contributed by atoms with Crippen molar-refractivity contribution in [1.29, 1.82) is 0 Å². The molecule has 0 saturated heterocycles. The van der Waals surface area contributed by atoms with Gasteiger partial charge in [-0.1, -0.05) is 6.07 Å². The molecule has 17 heavy (non-hydrogen) atoms. The van der Waals surface area contributed by atoms with Gasteiger partial charge < -0.3 is 10.0 Å². The third-order valence-corrected chi connectivity index (χ3v) is 2.20. The van der Waals surface area contributed by atoms with Crippen LogP contribution in [0.4, 0.5) is 18.9 Å². The number of hydrogen-bond donors (Lipinski definition) is 1. The minimum absolute atomic E-state index is 0.0200. The summed E-state index contributed by atoms with van der Waals surface area (Å²) in [7, 11) is 3.00. The number of nitrogens with zero attached hydrogens (tertiary/aromatic N) is 1. The van der Waals surface area contributed by atoms with Crippen LogP contribution in [0, 0.1) is 0 Å². The summed E-state index contributed by atoms with van der Waals surface area (Å²) in [6, 6.07) is 3.54. The zero-order chi connectivity index (χ0) is 13.2. The lowest BCUT2D eigenvalue weighted by atomic mass is 10.1. The van der Waals surface area contributed by atoms with Crippen molar-refractivity contribution in [2.24, 2.45) is 0 Å². The van der Waals surface area contributed by atoms with E-state index in [-0.39, 0.29) is 11.3 Å². The Bertz CT molecular complexity index is 427. The van der Waals surface area contributed by atoms with Crippen molar-refractivity contribution >= 4 is 11.7 Å². The Labute approximate surface area is 96.5 Å². The third kappa shape index (κ3) is 3.37. The molecule has 0 unspecified atom stereocenters. The molecule has 1 aromatic rings. The molecule has 6 heteroatoms. The third-order valence-electron chi connectivity index (χ3n) is 2.20. The maximum absolute atomic E-state index is 12.8. The standard InChI is InChI=1S/C11H12F3NO2/c1-15(2)9-4-3-7(6-10(16)17)5-8(9)11(12,13)14/h3-5H,6H2,1-2H3,(H,16,17). The molecule has 0 amide bonds. The number of anilines is 1. The highest BCUT2D eigenvalue weighted by Gasteiger charge is 2.34. The topological polar surface area (TPSA) is 40.5 Å². The van der Waals surface area contributed by atoms with E-state index in [0.29, 0.717) is 0 Å². The van der Waals surface area contributed by atoms with Crippen LogP contribution in [-0.4, -0.2) is 25.2 Å². The zero-order valence-corrected chi connectivity index (χ0v) is 9.38. The Kier molecular flexibility index (Phi) is 3.65. The van der Waals surface area contributed by atoms with Crippen molar-refractivity contribution < 1.29 is 23.1 Å². The van der Waals surface area contributed by atoms with Crippen molar-refractivity contribution in [3.8, 4) is 0 Å². The Morgan fingerprint density at radius 1 is 1.35 bits per heavy atom. The Morgan fingerprint density at radius 3 is 2.35 bits per heavy atom. The molecule has 0 aliphatic carbocycles. The summed E-state index contributed by atoms with van der Waals surface area (Å²) < 4.78 is 38.3. The van der Waals surface area contributed by atoms with E-state index < -0.39 is 24.1 Å². The number of carboxylic acids is 1. The van der Waals surface area contributed by atoms with Gasteiger partial charge >= 0.3 is 12.1 Å². The van der Waals surface area contributed by atoms with Gasteiger partial charge in [0.2, 0.25) is 0 Å². The van der Waals surface area contributed by atoms with Gasteiger partial charge in [0.25, 0.3) is 0 Å². The van der Waals surface area contributed by atoms with Crippen LogP contribution in [0.2, 0.25) is 0 Å². The molecular weight excluding hydrogens is 235 g/mol. The average Bonchev–Trinajstić information content (AvgIpc) is 2.14. The van der Waals surface area contributed by atoms with E-state index in [2.05, 4.69) is 0 Å². The Morgan fingerprint density at radius 2 is 1.94 bits per heavy atom. The van der Waals surface area contributed by atoms with Crippen LogP contribution in [0.15, 0.2) is 18.2 Å². The molecule has 1 aromatic carbocycles. The SMILES string of the molecule is CN(C)c1ccc(CC(=O)O)cc1C(F)(F)F. The fraction of sp³-hybridized carbons (Fsp3) is 0.364. The van der Waals surface area contributed by atoms with E-state index in [9.17, 15) is 18.0 Å². The van der Waals surface area contributed by atoms with Crippen molar-refractivity contribution in [2.75, 3.05) is 19.0 Å². The molecule has 0 aliphatic rings.